The average molecular weight is 406 g/mol. The Morgan fingerprint density at radius 3 is 2.33 bits per heavy atom. The molecule has 0 amide bonds. The van der Waals surface area contributed by atoms with Crippen LogP contribution in [0, 0.1) is 4.64 Å². The van der Waals surface area contributed by atoms with E-state index in [0.29, 0.717) is 21.1 Å². The molecule has 0 saturated carbocycles. The lowest BCUT2D eigenvalue weighted by molar-refractivity contribution is 0.558. The minimum absolute atomic E-state index is 0.0750. The molecule has 0 saturated heterocycles. The molecule has 0 aliphatic rings. The zero-order valence-electron chi connectivity index (χ0n) is 11.9. The van der Waals surface area contributed by atoms with Crippen molar-refractivity contribution in [2.75, 3.05) is 0 Å². The lowest BCUT2D eigenvalue weighted by Gasteiger charge is -2.21. The highest BCUT2D eigenvalue weighted by molar-refractivity contribution is 9.10. The highest BCUT2D eigenvalue weighted by Gasteiger charge is 2.20. The maximum Gasteiger partial charge on any atom is 0.144 e. The zero-order chi connectivity index (χ0) is 15.8. The third-order valence-corrected chi connectivity index (χ3v) is 5.11. The van der Waals surface area contributed by atoms with E-state index in [4.69, 9.17) is 35.4 Å². The molecule has 21 heavy (non-hydrogen) atoms. The molecule has 2 aromatic rings. The monoisotopic (exact) mass is 404 g/mol. The van der Waals surface area contributed by atoms with Crippen molar-refractivity contribution in [3.05, 3.63) is 54.4 Å². The Balaban J connectivity index is 2.52. The van der Waals surface area contributed by atoms with Gasteiger partial charge in [-0.1, -0.05) is 62.3 Å². The van der Waals surface area contributed by atoms with E-state index >= 15 is 0 Å². The highest BCUT2D eigenvalue weighted by Crippen LogP contribution is 2.30. The number of nitrogens with zero attached hydrogens (tertiary/aromatic N) is 1. The summed E-state index contributed by atoms with van der Waals surface area (Å²) in [4.78, 5) is 7.77. The van der Waals surface area contributed by atoms with E-state index in [9.17, 15) is 0 Å². The van der Waals surface area contributed by atoms with E-state index in [-0.39, 0.29) is 5.41 Å². The number of hydrogen-bond donors (Lipinski definition) is 1. The molecule has 2 rings (SSSR count). The summed E-state index contributed by atoms with van der Waals surface area (Å²) in [7, 11) is 0. The molecule has 0 aliphatic carbocycles. The van der Waals surface area contributed by atoms with E-state index in [1.807, 2.05) is 18.2 Å². The molecule has 1 aromatic carbocycles. The van der Waals surface area contributed by atoms with Gasteiger partial charge in [0.25, 0.3) is 0 Å². The smallest absolute Gasteiger partial charge is 0.144 e. The first kappa shape index (κ1) is 16.9. The maximum atomic E-state index is 6.22. The first-order valence-corrected chi connectivity index (χ1v) is 8.38. The molecule has 0 fully saturated rings. The summed E-state index contributed by atoms with van der Waals surface area (Å²) < 4.78 is 1.37. The average Bonchev–Trinajstić information content (AvgIpc) is 2.36. The van der Waals surface area contributed by atoms with Crippen LogP contribution in [0.1, 0.15) is 37.9 Å². The van der Waals surface area contributed by atoms with Crippen LogP contribution in [0.15, 0.2) is 22.7 Å². The number of aromatic amines is 1. The summed E-state index contributed by atoms with van der Waals surface area (Å²) in [6, 6.07) is 5.47. The molecule has 2 nitrogen and oxygen atoms in total. The van der Waals surface area contributed by atoms with Crippen molar-refractivity contribution in [1.29, 1.82) is 0 Å². The summed E-state index contributed by atoms with van der Waals surface area (Å²) in [6.45, 7) is 6.35. The summed E-state index contributed by atoms with van der Waals surface area (Å²) in [5, 5.41) is 1.26. The number of aromatic nitrogens is 2. The molecular formula is C15H15BrCl2N2S. The molecule has 0 unspecified atom stereocenters. The SMILES string of the molecule is CC(C)(C)c1[nH]c(Cc2c(Cl)cccc2Cl)nc(=S)c1Br. The van der Waals surface area contributed by atoms with Crippen LogP contribution in [0.2, 0.25) is 10.0 Å². The molecule has 1 aromatic heterocycles. The highest BCUT2D eigenvalue weighted by atomic mass is 79.9. The van der Waals surface area contributed by atoms with Crippen LogP contribution in [0.5, 0.6) is 0 Å². The molecule has 1 heterocycles. The predicted molar refractivity (Wildman–Crippen MR) is 95.1 cm³/mol. The number of benzene rings is 1. The van der Waals surface area contributed by atoms with Gasteiger partial charge in [-0.25, -0.2) is 4.98 Å². The fraction of sp³-hybridized carbons (Fsp3) is 0.333. The van der Waals surface area contributed by atoms with Crippen LogP contribution >= 0.6 is 51.3 Å². The van der Waals surface area contributed by atoms with Gasteiger partial charge in [-0.2, -0.15) is 0 Å². The van der Waals surface area contributed by atoms with Crippen molar-refractivity contribution in [2.24, 2.45) is 0 Å². The summed E-state index contributed by atoms with van der Waals surface area (Å²) >= 11 is 21.3. The van der Waals surface area contributed by atoms with Crippen LogP contribution in [-0.4, -0.2) is 9.97 Å². The Kier molecular flexibility index (Phi) is 5.14. The number of H-pyrrole nitrogens is 1. The molecule has 0 bridgehead atoms. The third-order valence-electron chi connectivity index (χ3n) is 3.07. The van der Waals surface area contributed by atoms with Crippen LogP contribution in [0.25, 0.3) is 0 Å². The largest absolute Gasteiger partial charge is 0.345 e. The van der Waals surface area contributed by atoms with Gasteiger partial charge >= 0.3 is 0 Å². The summed E-state index contributed by atoms with van der Waals surface area (Å²) in [5.74, 6) is 0.753. The second-order valence-corrected chi connectivity index (χ2v) is 7.80. The second-order valence-electron chi connectivity index (χ2n) is 5.80. The Labute approximate surface area is 148 Å². The lowest BCUT2D eigenvalue weighted by Crippen LogP contribution is -2.17. The van der Waals surface area contributed by atoms with Gasteiger partial charge < -0.3 is 4.98 Å². The van der Waals surface area contributed by atoms with E-state index in [2.05, 4.69) is 46.7 Å². The van der Waals surface area contributed by atoms with Gasteiger partial charge in [0.15, 0.2) is 0 Å². The first-order chi connectivity index (χ1) is 9.70. The van der Waals surface area contributed by atoms with Crippen LogP contribution in [-0.2, 0) is 11.8 Å². The minimum atomic E-state index is -0.0750. The molecule has 0 atom stereocenters. The predicted octanol–water partition coefficient (Wildman–Crippen LogP) is 6.10. The molecule has 0 spiro atoms. The molecule has 0 aliphatic heterocycles. The zero-order valence-corrected chi connectivity index (χ0v) is 15.8. The van der Waals surface area contributed by atoms with Gasteiger partial charge in [-0.15, -0.1) is 0 Å². The second kappa shape index (κ2) is 6.37. The fourth-order valence-corrected chi connectivity index (χ4v) is 3.50. The Bertz CT molecular complexity index is 715. The van der Waals surface area contributed by atoms with Crippen LogP contribution < -0.4 is 0 Å². The minimum Gasteiger partial charge on any atom is -0.345 e. The van der Waals surface area contributed by atoms with Crippen molar-refractivity contribution >= 4 is 51.3 Å². The fourth-order valence-electron chi connectivity index (χ4n) is 1.97. The van der Waals surface area contributed by atoms with Crippen molar-refractivity contribution in [2.45, 2.75) is 32.6 Å². The molecular weight excluding hydrogens is 391 g/mol. The van der Waals surface area contributed by atoms with E-state index < -0.39 is 0 Å². The number of rotatable bonds is 2. The maximum absolute atomic E-state index is 6.22. The molecule has 6 heteroatoms. The number of hydrogen-bond acceptors (Lipinski definition) is 2. The Morgan fingerprint density at radius 2 is 1.81 bits per heavy atom. The molecule has 112 valence electrons. The van der Waals surface area contributed by atoms with E-state index in [0.717, 1.165) is 21.6 Å². The Morgan fingerprint density at radius 1 is 1.24 bits per heavy atom. The lowest BCUT2D eigenvalue weighted by atomic mass is 9.92. The quantitative estimate of drug-likeness (QED) is 0.611. The molecule has 1 N–H and O–H groups in total. The third kappa shape index (κ3) is 3.86. The van der Waals surface area contributed by atoms with Crippen molar-refractivity contribution < 1.29 is 0 Å². The first-order valence-electron chi connectivity index (χ1n) is 6.42. The van der Waals surface area contributed by atoms with E-state index in [1.54, 1.807) is 0 Å². The topological polar surface area (TPSA) is 28.7 Å². The Hall–Kier alpha value is -0.420. The van der Waals surface area contributed by atoms with Crippen molar-refractivity contribution in [3.8, 4) is 0 Å². The standard InChI is InChI=1S/C15H15BrCl2N2S/c1-15(2,3)13-12(16)14(21)20-11(19-13)7-8-9(17)5-4-6-10(8)18/h4-6H,7H2,1-3H3,(H,19,20,21). The number of nitrogens with one attached hydrogen (secondary N) is 1. The van der Waals surface area contributed by atoms with Gasteiger partial charge in [0.2, 0.25) is 0 Å². The van der Waals surface area contributed by atoms with Crippen molar-refractivity contribution in [1.82, 2.24) is 9.97 Å². The van der Waals surface area contributed by atoms with Gasteiger partial charge in [-0.05, 0) is 33.6 Å². The summed E-state index contributed by atoms with van der Waals surface area (Å²) in [5.41, 5.74) is 1.79. The van der Waals surface area contributed by atoms with Gasteiger partial charge in [0.05, 0.1) is 4.47 Å². The van der Waals surface area contributed by atoms with Gasteiger partial charge in [0.1, 0.15) is 10.5 Å². The summed E-state index contributed by atoms with van der Waals surface area (Å²) in [6.07, 6.45) is 0.512. The molecule has 0 radical (unpaired) electrons. The van der Waals surface area contributed by atoms with Gasteiger partial charge in [0, 0.05) is 27.6 Å². The van der Waals surface area contributed by atoms with Gasteiger partial charge in [-0.3, -0.25) is 0 Å². The van der Waals surface area contributed by atoms with Crippen molar-refractivity contribution in [3.63, 3.8) is 0 Å². The van der Waals surface area contributed by atoms with Crippen LogP contribution in [0.3, 0.4) is 0 Å². The normalized spacial score (nSPS) is 11.7. The van der Waals surface area contributed by atoms with E-state index in [1.165, 1.54) is 0 Å². The number of halogens is 3. The van der Waals surface area contributed by atoms with Crippen LogP contribution in [0.4, 0.5) is 0 Å².